The average molecular weight is 339 g/mol. The first-order valence-electron chi connectivity index (χ1n) is 9.07. The van der Waals surface area contributed by atoms with E-state index in [-0.39, 0.29) is 6.10 Å². The lowest BCUT2D eigenvalue weighted by Gasteiger charge is -2.39. The van der Waals surface area contributed by atoms with E-state index in [4.69, 9.17) is 4.74 Å². The van der Waals surface area contributed by atoms with E-state index in [1.165, 1.54) is 5.56 Å². The van der Waals surface area contributed by atoms with Crippen LogP contribution in [0.15, 0.2) is 48.5 Å². The van der Waals surface area contributed by atoms with Crippen LogP contribution in [0.25, 0.3) is 0 Å². The molecule has 0 saturated carbocycles. The second-order valence-electron chi connectivity index (χ2n) is 7.42. The van der Waals surface area contributed by atoms with Crippen molar-refractivity contribution >= 4 is 0 Å². The third kappa shape index (κ3) is 3.80. The van der Waals surface area contributed by atoms with Crippen LogP contribution in [0.2, 0.25) is 0 Å². The number of aromatic hydroxyl groups is 1. The third-order valence-corrected chi connectivity index (χ3v) is 5.41. The molecule has 2 aliphatic heterocycles. The normalized spacial score (nSPS) is 22.4. The van der Waals surface area contributed by atoms with Crippen molar-refractivity contribution in [3.05, 3.63) is 59.7 Å². The first-order chi connectivity index (χ1) is 12.1. The summed E-state index contributed by atoms with van der Waals surface area (Å²) in [5, 5.41) is 20.5. The van der Waals surface area contributed by atoms with Crippen LogP contribution < -0.4 is 4.74 Å². The van der Waals surface area contributed by atoms with E-state index in [9.17, 15) is 10.2 Å². The fraction of sp³-hybridized carbons (Fsp3) is 0.429. The van der Waals surface area contributed by atoms with Crippen LogP contribution >= 0.6 is 0 Å². The van der Waals surface area contributed by atoms with Gasteiger partial charge < -0.3 is 14.9 Å². The van der Waals surface area contributed by atoms with Crippen molar-refractivity contribution in [2.45, 2.75) is 37.4 Å². The quantitative estimate of drug-likeness (QED) is 0.899. The Labute approximate surface area is 148 Å². The molecule has 1 saturated heterocycles. The molecule has 2 aromatic carbocycles. The van der Waals surface area contributed by atoms with Crippen LogP contribution in [-0.4, -0.2) is 46.5 Å². The predicted molar refractivity (Wildman–Crippen MR) is 97.0 cm³/mol. The molecule has 0 bridgehead atoms. The molecule has 0 spiro atoms. The van der Waals surface area contributed by atoms with Gasteiger partial charge in [0.15, 0.2) is 0 Å². The molecule has 2 aromatic rings. The number of benzene rings is 2. The summed E-state index contributed by atoms with van der Waals surface area (Å²) < 4.78 is 6.00. The van der Waals surface area contributed by atoms with Gasteiger partial charge in [0.2, 0.25) is 0 Å². The maximum atomic E-state index is 10.9. The fourth-order valence-corrected chi connectivity index (χ4v) is 4.00. The van der Waals surface area contributed by atoms with Gasteiger partial charge in [-0.1, -0.05) is 30.3 Å². The van der Waals surface area contributed by atoms with Gasteiger partial charge in [0.05, 0.1) is 5.60 Å². The van der Waals surface area contributed by atoms with Gasteiger partial charge in [0, 0.05) is 38.0 Å². The zero-order valence-corrected chi connectivity index (χ0v) is 14.4. The number of ether oxygens (including phenoxy) is 1. The van der Waals surface area contributed by atoms with E-state index < -0.39 is 5.60 Å². The van der Waals surface area contributed by atoms with Gasteiger partial charge in [0.25, 0.3) is 0 Å². The van der Waals surface area contributed by atoms with Crippen LogP contribution in [0.4, 0.5) is 0 Å². The van der Waals surface area contributed by atoms with Crippen LogP contribution in [0, 0.1) is 0 Å². The van der Waals surface area contributed by atoms with Crippen LogP contribution in [0.1, 0.15) is 24.0 Å². The Balaban J connectivity index is 1.30. The molecule has 0 aliphatic carbocycles. The molecule has 2 heterocycles. The average Bonchev–Trinajstić information content (AvgIpc) is 2.99. The van der Waals surface area contributed by atoms with Gasteiger partial charge in [-0.25, -0.2) is 0 Å². The van der Waals surface area contributed by atoms with Gasteiger partial charge >= 0.3 is 0 Å². The van der Waals surface area contributed by atoms with E-state index in [0.717, 1.165) is 56.6 Å². The Morgan fingerprint density at radius 3 is 2.60 bits per heavy atom. The van der Waals surface area contributed by atoms with E-state index >= 15 is 0 Å². The summed E-state index contributed by atoms with van der Waals surface area (Å²) in [7, 11) is 0. The minimum atomic E-state index is -0.594. The van der Waals surface area contributed by atoms with Crippen LogP contribution in [0.3, 0.4) is 0 Å². The van der Waals surface area contributed by atoms with Gasteiger partial charge in [-0.15, -0.1) is 0 Å². The smallest absolute Gasteiger partial charge is 0.123 e. The van der Waals surface area contributed by atoms with E-state index in [2.05, 4.69) is 17.0 Å². The Kier molecular flexibility index (Phi) is 4.40. The molecular formula is C21H25NO3. The van der Waals surface area contributed by atoms with Crippen molar-refractivity contribution in [1.29, 1.82) is 0 Å². The topological polar surface area (TPSA) is 52.9 Å². The van der Waals surface area contributed by atoms with Crippen molar-refractivity contribution in [3.8, 4) is 11.5 Å². The highest BCUT2D eigenvalue weighted by molar-refractivity contribution is 5.42. The molecule has 4 heteroatoms. The highest BCUT2D eigenvalue weighted by atomic mass is 16.5. The maximum absolute atomic E-state index is 10.9. The van der Waals surface area contributed by atoms with Crippen LogP contribution in [0.5, 0.6) is 11.5 Å². The van der Waals surface area contributed by atoms with Crippen molar-refractivity contribution in [1.82, 2.24) is 4.90 Å². The third-order valence-electron chi connectivity index (χ3n) is 5.41. The molecule has 4 rings (SSSR count). The molecule has 0 aromatic heterocycles. The van der Waals surface area contributed by atoms with Crippen molar-refractivity contribution in [2.24, 2.45) is 0 Å². The van der Waals surface area contributed by atoms with Crippen molar-refractivity contribution < 1.29 is 14.9 Å². The first-order valence-corrected chi connectivity index (χ1v) is 9.07. The van der Waals surface area contributed by atoms with E-state index in [1.54, 1.807) is 12.1 Å². The van der Waals surface area contributed by atoms with Gasteiger partial charge in [-0.3, -0.25) is 4.90 Å². The second-order valence-corrected chi connectivity index (χ2v) is 7.42. The number of piperidine rings is 1. The number of hydrogen-bond donors (Lipinski definition) is 2. The minimum Gasteiger partial charge on any atom is -0.508 e. The fourth-order valence-electron chi connectivity index (χ4n) is 4.00. The number of nitrogens with zero attached hydrogens (tertiary/aromatic N) is 1. The zero-order valence-electron chi connectivity index (χ0n) is 14.4. The van der Waals surface area contributed by atoms with Gasteiger partial charge in [-0.2, -0.15) is 0 Å². The number of hydrogen-bond acceptors (Lipinski definition) is 4. The summed E-state index contributed by atoms with van der Waals surface area (Å²) in [6, 6.07) is 15.6. The lowest BCUT2D eigenvalue weighted by molar-refractivity contribution is -0.0264. The Hall–Kier alpha value is -2.04. The lowest BCUT2D eigenvalue weighted by Crippen LogP contribution is -2.48. The summed E-state index contributed by atoms with van der Waals surface area (Å²) in [4.78, 5) is 2.38. The number of aliphatic hydroxyl groups is 1. The molecule has 0 radical (unpaired) electrons. The molecule has 1 atom stereocenters. The summed E-state index contributed by atoms with van der Waals surface area (Å²) in [6.07, 6.45) is 3.29. The molecule has 2 N–H and O–H groups in total. The largest absolute Gasteiger partial charge is 0.508 e. The Bertz CT molecular complexity index is 723. The predicted octanol–water partition coefficient (Wildman–Crippen LogP) is 2.77. The Morgan fingerprint density at radius 2 is 1.84 bits per heavy atom. The van der Waals surface area contributed by atoms with Crippen molar-refractivity contribution in [2.75, 3.05) is 19.6 Å². The molecule has 25 heavy (non-hydrogen) atoms. The SMILES string of the molecule is Oc1ccc2c(c1)CC(CN1CCC(O)(Cc3ccccc3)CC1)O2. The molecular weight excluding hydrogens is 314 g/mol. The molecule has 1 fully saturated rings. The van der Waals surface area contributed by atoms with Crippen molar-refractivity contribution in [3.63, 3.8) is 0 Å². The Morgan fingerprint density at radius 1 is 1.08 bits per heavy atom. The highest BCUT2D eigenvalue weighted by Gasteiger charge is 2.34. The molecule has 1 unspecified atom stereocenters. The number of likely N-dealkylation sites (tertiary alicyclic amines) is 1. The van der Waals surface area contributed by atoms with Gasteiger partial charge in [0.1, 0.15) is 17.6 Å². The van der Waals surface area contributed by atoms with Crippen LogP contribution in [-0.2, 0) is 12.8 Å². The summed E-state index contributed by atoms with van der Waals surface area (Å²) in [5.74, 6) is 1.19. The summed E-state index contributed by atoms with van der Waals surface area (Å²) in [6.45, 7) is 2.66. The lowest BCUT2D eigenvalue weighted by atomic mass is 9.85. The number of rotatable bonds is 4. The molecule has 4 nitrogen and oxygen atoms in total. The zero-order chi connectivity index (χ0) is 17.3. The first kappa shape index (κ1) is 16.4. The monoisotopic (exact) mass is 339 g/mol. The summed E-state index contributed by atoms with van der Waals surface area (Å²) in [5.41, 5.74) is 1.69. The number of phenolic OH excluding ortho intramolecular Hbond substituents is 1. The number of fused-ring (bicyclic) bond motifs is 1. The minimum absolute atomic E-state index is 0.136. The highest BCUT2D eigenvalue weighted by Crippen LogP contribution is 2.33. The van der Waals surface area contributed by atoms with E-state index in [0.29, 0.717) is 5.75 Å². The summed E-state index contributed by atoms with van der Waals surface area (Å²) >= 11 is 0. The van der Waals surface area contributed by atoms with Gasteiger partial charge in [-0.05, 0) is 36.6 Å². The standard InChI is InChI=1S/C21H25NO3/c23-18-6-7-20-17(12-18)13-19(25-20)15-22-10-8-21(24,9-11-22)14-16-4-2-1-3-5-16/h1-7,12,19,23-24H,8-11,13-15H2. The molecule has 0 amide bonds. The second kappa shape index (κ2) is 6.70. The molecule has 2 aliphatic rings. The number of phenols is 1. The maximum Gasteiger partial charge on any atom is 0.123 e. The van der Waals surface area contributed by atoms with E-state index in [1.807, 2.05) is 24.3 Å². The molecule has 132 valence electrons.